The van der Waals surface area contributed by atoms with Crippen molar-refractivity contribution in [3.8, 4) is 11.3 Å². The Labute approximate surface area is 171 Å². The zero-order chi connectivity index (χ0) is 18.6. The van der Waals surface area contributed by atoms with Crippen LogP contribution in [-0.2, 0) is 0 Å². The van der Waals surface area contributed by atoms with Crippen LogP contribution in [0.1, 0.15) is 0 Å². The Hall–Kier alpha value is -2.53. The van der Waals surface area contributed by atoms with Gasteiger partial charge in [0, 0.05) is 21.0 Å². The minimum atomic E-state index is 0.692. The highest BCUT2D eigenvalue weighted by Gasteiger charge is 2.09. The fraction of sp³-hybridized carbons (Fsp3) is 0. The lowest BCUT2D eigenvalue weighted by Gasteiger charge is -2.12. The Balaban J connectivity index is 1.83. The number of nitrogens with one attached hydrogen (secondary N) is 1. The van der Waals surface area contributed by atoms with Crippen molar-refractivity contribution in [2.45, 2.75) is 0 Å². The van der Waals surface area contributed by atoms with E-state index < -0.39 is 0 Å². The van der Waals surface area contributed by atoms with E-state index in [1.807, 2.05) is 83.5 Å². The monoisotopic (exact) mass is 411 g/mol. The van der Waals surface area contributed by atoms with Crippen LogP contribution in [0.3, 0.4) is 0 Å². The normalized spacial score (nSPS) is 11.6. The third-order valence-electron chi connectivity index (χ3n) is 3.91. The van der Waals surface area contributed by atoms with Gasteiger partial charge in [-0.2, -0.15) is 0 Å². The average molecular weight is 412 g/mol. The van der Waals surface area contributed by atoms with Gasteiger partial charge in [0.15, 0.2) is 0 Å². The number of aromatic nitrogens is 1. The molecule has 6 heteroatoms. The molecule has 0 saturated carbocycles. The number of hydrogen-bond acceptors (Lipinski definition) is 3. The van der Waals surface area contributed by atoms with Gasteiger partial charge in [0.1, 0.15) is 0 Å². The van der Waals surface area contributed by atoms with Gasteiger partial charge in [-0.15, -0.1) is 11.3 Å². The van der Waals surface area contributed by atoms with Gasteiger partial charge in [-0.05, 0) is 48.5 Å². The topological polar surface area (TPSA) is 29.3 Å². The summed E-state index contributed by atoms with van der Waals surface area (Å²) in [6.45, 7) is 0. The zero-order valence-corrected chi connectivity index (χ0v) is 16.5. The molecule has 1 N–H and O–H groups in total. The Bertz CT molecular complexity index is 1100. The van der Waals surface area contributed by atoms with Crippen LogP contribution in [0.2, 0.25) is 10.0 Å². The van der Waals surface area contributed by atoms with E-state index in [0.29, 0.717) is 10.0 Å². The van der Waals surface area contributed by atoms with E-state index in [2.05, 4.69) is 10.8 Å². The van der Waals surface area contributed by atoms with Gasteiger partial charge in [0.2, 0.25) is 4.80 Å². The van der Waals surface area contributed by atoms with E-state index in [1.54, 1.807) is 11.3 Å². The van der Waals surface area contributed by atoms with E-state index in [-0.39, 0.29) is 0 Å². The number of halogens is 2. The molecule has 0 atom stereocenters. The fourth-order valence-corrected chi connectivity index (χ4v) is 3.71. The molecular formula is C21H15Cl2N3S. The number of thiazole rings is 1. The van der Waals surface area contributed by atoms with Crippen molar-refractivity contribution in [3.63, 3.8) is 0 Å². The first-order valence-corrected chi connectivity index (χ1v) is 9.91. The highest BCUT2D eigenvalue weighted by Crippen LogP contribution is 2.23. The second-order valence-electron chi connectivity index (χ2n) is 5.81. The van der Waals surface area contributed by atoms with Gasteiger partial charge < -0.3 is 0 Å². The highest BCUT2D eigenvalue weighted by atomic mass is 35.5. The van der Waals surface area contributed by atoms with Crippen LogP contribution in [0.15, 0.2) is 89.2 Å². The molecule has 0 spiro atoms. The molecule has 1 heterocycles. The van der Waals surface area contributed by atoms with E-state index >= 15 is 0 Å². The molecule has 4 rings (SSSR count). The van der Waals surface area contributed by atoms with Crippen molar-refractivity contribution in [3.05, 3.63) is 99.1 Å². The summed E-state index contributed by atoms with van der Waals surface area (Å²) in [5, 5.41) is 3.48. The summed E-state index contributed by atoms with van der Waals surface area (Å²) in [7, 11) is 0. The molecule has 0 bridgehead atoms. The summed E-state index contributed by atoms with van der Waals surface area (Å²) in [4.78, 5) is 5.60. The van der Waals surface area contributed by atoms with Gasteiger partial charge in [-0.1, -0.05) is 53.5 Å². The first-order chi connectivity index (χ1) is 13.2. The predicted molar refractivity (Wildman–Crippen MR) is 115 cm³/mol. The maximum atomic E-state index is 6.04. The maximum Gasteiger partial charge on any atom is 0.209 e. The maximum absolute atomic E-state index is 6.04. The summed E-state index contributed by atoms with van der Waals surface area (Å²) < 4.78 is 1.98. The van der Waals surface area contributed by atoms with Crippen molar-refractivity contribution in [2.75, 3.05) is 5.43 Å². The molecule has 0 fully saturated rings. The molecule has 3 aromatic carbocycles. The van der Waals surface area contributed by atoms with E-state index in [4.69, 9.17) is 28.2 Å². The van der Waals surface area contributed by atoms with Crippen molar-refractivity contribution in [2.24, 2.45) is 4.99 Å². The zero-order valence-electron chi connectivity index (χ0n) is 14.1. The third-order valence-corrected chi connectivity index (χ3v) is 5.24. The second kappa shape index (κ2) is 8.01. The largest absolute Gasteiger partial charge is 0.292 e. The standard InChI is InChI=1S/C21H15Cl2N3S/c22-16-8-6-15(7-9-16)20-14-27-21(24-18-12-10-17(23)11-13-18)26(20)25-19-4-2-1-3-5-19/h1-14,25H. The van der Waals surface area contributed by atoms with Crippen molar-refractivity contribution < 1.29 is 0 Å². The van der Waals surface area contributed by atoms with Crippen molar-refractivity contribution >= 4 is 45.9 Å². The lowest BCUT2D eigenvalue weighted by atomic mass is 10.2. The van der Waals surface area contributed by atoms with Crippen LogP contribution in [0.25, 0.3) is 11.3 Å². The molecule has 0 saturated heterocycles. The lowest BCUT2D eigenvalue weighted by molar-refractivity contribution is 0.922. The molecular weight excluding hydrogens is 397 g/mol. The third kappa shape index (κ3) is 4.25. The molecule has 0 aliphatic rings. The number of anilines is 1. The number of benzene rings is 3. The van der Waals surface area contributed by atoms with Gasteiger partial charge in [0.25, 0.3) is 0 Å². The lowest BCUT2D eigenvalue weighted by Crippen LogP contribution is -2.23. The molecule has 0 aliphatic heterocycles. The Morgan fingerprint density at radius 1 is 0.778 bits per heavy atom. The summed E-state index contributed by atoms with van der Waals surface area (Å²) in [6, 6.07) is 25.3. The highest BCUT2D eigenvalue weighted by molar-refractivity contribution is 7.07. The van der Waals surface area contributed by atoms with Crippen LogP contribution in [0, 0.1) is 0 Å². The molecule has 0 amide bonds. The van der Waals surface area contributed by atoms with Crippen molar-refractivity contribution in [1.29, 1.82) is 0 Å². The minimum Gasteiger partial charge on any atom is -0.292 e. The molecule has 0 unspecified atom stereocenters. The summed E-state index contributed by atoms with van der Waals surface area (Å²) >= 11 is 13.6. The fourth-order valence-electron chi connectivity index (χ4n) is 2.59. The number of rotatable bonds is 4. The van der Waals surface area contributed by atoms with Crippen LogP contribution in [0.5, 0.6) is 0 Å². The Morgan fingerprint density at radius 2 is 1.41 bits per heavy atom. The quantitative estimate of drug-likeness (QED) is 0.401. The van der Waals surface area contributed by atoms with E-state index in [0.717, 1.165) is 27.4 Å². The van der Waals surface area contributed by atoms with E-state index in [1.165, 1.54) is 0 Å². The van der Waals surface area contributed by atoms with Crippen LogP contribution < -0.4 is 10.2 Å². The van der Waals surface area contributed by atoms with Crippen LogP contribution in [0.4, 0.5) is 11.4 Å². The van der Waals surface area contributed by atoms with Gasteiger partial charge in [-0.25, -0.2) is 9.67 Å². The van der Waals surface area contributed by atoms with Crippen LogP contribution >= 0.6 is 34.5 Å². The van der Waals surface area contributed by atoms with Gasteiger partial charge in [0.05, 0.1) is 17.1 Å². The number of hydrogen-bond donors (Lipinski definition) is 1. The molecule has 3 nitrogen and oxygen atoms in total. The van der Waals surface area contributed by atoms with Crippen LogP contribution in [-0.4, -0.2) is 4.68 Å². The summed E-state index contributed by atoms with van der Waals surface area (Å²) in [6.07, 6.45) is 0. The summed E-state index contributed by atoms with van der Waals surface area (Å²) in [5.41, 5.74) is 7.32. The second-order valence-corrected chi connectivity index (χ2v) is 7.52. The Morgan fingerprint density at radius 3 is 2.07 bits per heavy atom. The smallest absolute Gasteiger partial charge is 0.209 e. The number of para-hydroxylation sites is 1. The number of nitrogens with zero attached hydrogens (tertiary/aromatic N) is 2. The van der Waals surface area contributed by atoms with E-state index in [9.17, 15) is 0 Å². The predicted octanol–water partition coefficient (Wildman–Crippen LogP) is 6.63. The average Bonchev–Trinajstić information content (AvgIpc) is 3.07. The summed E-state index contributed by atoms with van der Waals surface area (Å²) in [5.74, 6) is 0. The molecule has 27 heavy (non-hydrogen) atoms. The first-order valence-electron chi connectivity index (χ1n) is 8.28. The Kier molecular flexibility index (Phi) is 5.30. The molecule has 134 valence electrons. The molecule has 0 radical (unpaired) electrons. The van der Waals surface area contributed by atoms with Gasteiger partial charge in [-0.3, -0.25) is 5.43 Å². The molecule has 4 aromatic rings. The SMILES string of the molecule is Clc1ccc(N=c2scc(-c3ccc(Cl)cc3)n2Nc2ccccc2)cc1. The minimum absolute atomic E-state index is 0.692. The molecule has 0 aliphatic carbocycles. The van der Waals surface area contributed by atoms with Gasteiger partial charge >= 0.3 is 0 Å². The first kappa shape index (κ1) is 17.9. The van der Waals surface area contributed by atoms with Crippen molar-refractivity contribution in [1.82, 2.24) is 4.68 Å². The molecule has 1 aromatic heterocycles.